The number of rotatable bonds is 2. The normalized spacial score (nSPS) is 11.7. The minimum absolute atomic E-state index is 0.194. The third-order valence-corrected chi connectivity index (χ3v) is 5.69. The molecular weight excluding hydrogens is 326 g/mol. The van der Waals surface area contributed by atoms with Crippen molar-refractivity contribution in [3.8, 4) is 11.1 Å². The Kier molecular flexibility index (Phi) is 3.92. The van der Waals surface area contributed by atoms with Gasteiger partial charge in [-0.3, -0.25) is 0 Å². The molecule has 0 amide bonds. The van der Waals surface area contributed by atoms with Crippen LogP contribution in [0.4, 0.5) is 8.78 Å². The Bertz CT molecular complexity index is 618. The van der Waals surface area contributed by atoms with Gasteiger partial charge in [0, 0.05) is 0 Å². The average Bonchev–Trinajstić information content (AvgIpc) is 2.31. The molecule has 0 radical (unpaired) electrons. The van der Waals surface area contributed by atoms with Crippen LogP contribution in [0.2, 0.25) is 19.6 Å². The molecule has 2 rings (SSSR count). The van der Waals surface area contributed by atoms with E-state index in [2.05, 4.69) is 35.6 Å². The van der Waals surface area contributed by atoms with E-state index in [1.54, 1.807) is 12.1 Å². The lowest BCUT2D eigenvalue weighted by molar-refractivity contribution is 0.621. The van der Waals surface area contributed by atoms with Crippen molar-refractivity contribution in [3.05, 3.63) is 52.5 Å². The maximum atomic E-state index is 14.1. The van der Waals surface area contributed by atoms with Crippen LogP contribution in [0.1, 0.15) is 0 Å². The molecule has 0 spiro atoms. The van der Waals surface area contributed by atoms with E-state index >= 15 is 0 Å². The Morgan fingerprint density at radius 2 is 1.37 bits per heavy atom. The zero-order chi connectivity index (χ0) is 14.2. The fraction of sp³-hybridized carbons (Fsp3) is 0.200. The van der Waals surface area contributed by atoms with Gasteiger partial charge >= 0.3 is 0 Å². The quantitative estimate of drug-likeness (QED) is 0.679. The first-order valence-electron chi connectivity index (χ1n) is 6.04. The van der Waals surface area contributed by atoms with Gasteiger partial charge in [-0.2, -0.15) is 0 Å². The average molecular weight is 341 g/mol. The molecule has 100 valence electrons. The van der Waals surface area contributed by atoms with Gasteiger partial charge in [-0.1, -0.05) is 37.8 Å². The molecule has 0 nitrogen and oxygen atoms in total. The predicted octanol–water partition coefficient (Wildman–Crippen LogP) is 4.94. The van der Waals surface area contributed by atoms with Crippen LogP contribution >= 0.6 is 15.9 Å². The highest BCUT2D eigenvalue weighted by atomic mass is 79.9. The largest absolute Gasteiger partial charge is 0.207 e. The van der Waals surface area contributed by atoms with Crippen LogP contribution in [0.5, 0.6) is 0 Å². The highest BCUT2D eigenvalue weighted by molar-refractivity contribution is 9.10. The second-order valence-corrected chi connectivity index (χ2v) is 11.5. The van der Waals surface area contributed by atoms with Crippen molar-refractivity contribution < 1.29 is 8.78 Å². The van der Waals surface area contributed by atoms with Gasteiger partial charge in [-0.05, 0) is 50.4 Å². The van der Waals surface area contributed by atoms with Gasteiger partial charge in [0.25, 0.3) is 0 Å². The minimum atomic E-state index is -1.68. The van der Waals surface area contributed by atoms with E-state index in [0.29, 0.717) is 15.6 Å². The monoisotopic (exact) mass is 340 g/mol. The van der Waals surface area contributed by atoms with Gasteiger partial charge < -0.3 is 0 Å². The Balaban J connectivity index is 2.47. The molecule has 0 heterocycles. The summed E-state index contributed by atoms with van der Waals surface area (Å²) in [7, 11) is -1.68. The molecule has 0 fully saturated rings. The SMILES string of the molecule is C[Si](C)(C)c1ccc(-c2ccc(Br)c(F)c2)cc1F. The van der Waals surface area contributed by atoms with Crippen molar-refractivity contribution in [3.63, 3.8) is 0 Å². The van der Waals surface area contributed by atoms with E-state index in [0.717, 1.165) is 5.19 Å². The summed E-state index contributed by atoms with van der Waals surface area (Å²) in [6.45, 7) is 6.30. The van der Waals surface area contributed by atoms with Gasteiger partial charge in [0.1, 0.15) is 11.6 Å². The Hall–Kier alpha value is -1.00. The first-order chi connectivity index (χ1) is 8.79. The van der Waals surface area contributed by atoms with Gasteiger partial charge in [0.15, 0.2) is 0 Å². The van der Waals surface area contributed by atoms with Gasteiger partial charge in [-0.25, -0.2) is 8.78 Å². The van der Waals surface area contributed by atoms with Crippen molar-refractivity contribution >= 4 is 29.2 Å². The molecule has 2 aromatic carbocycles. The summed E-state index contributed by atoms with van der Waals surface area (Å²) in [6, 6.07) is 10.0. The molecular formula is C15H15BrF2Si. The number of hydrogen-bond acceptors (Lipinski definition) is 0. The Labute approximate surface area is 121 Å². The summed E-state index contributed by atoms with van der Waals surface area (Å²) in [6.07, 6.45) is 0. The molecule has 0 aliphatic rings. The van der Waals surface area contributed by atoms with Crippen LogP contribution in [0.25, 0.3) is 11.1 Å². The van der Waals surface area contributed by atoms with Crippen LogP contribution in [-0.4, -0.2) is 8.07 Å². The van der Waals surface area contributed by atoms with E-state index in [1.807, 2.05) is 12.1 Å². The third-order valence-electron chi connectivity index (χ3n) is 3.03. The standard InChI is InChI=1S/C15H15BrF2Si/c1-19(2,3)15-7-5-11(9-14(15)18)10-4-6-12(16)13(17)8-10/h4-9H,1-3H3. The summed E-state index contributed by atoms with van der Waals surface area (Å²) in [5.41, 5.74) is 1.38. The van der Waals surface area contributed by atoms with E-state index < -0.39 is 8.07 Å². The van der Waals surface area contributed by atoms with Crippen molar-refractivity contribution in [2.75, 3.05) is 0 Å². The predicted molar refractivity (Wildman–Crippen MR) is 82.5 cm³/mol. The fourth-order valence-electron chi connectivity index (χ4n) is 1.98. The molecule has 4 heteroatoms. The van der Waals surface area contributed by atoms with Crippen molar-refractivity contribution in [2.45, 2.75) is 19.6 Å². The lowest BCUT2D eigenvalue weighted by atomic mass is 10.1. The zero-order valence-corrected chi connectivity index (χ0v) is 13.7. The van der Waals surface area contributed by atoms with Crippen molar-refractivity contribution in [1.82, 2.24) is 0 Å². The molecule has 0 unspecified atom stereocenters. The zero-order valence-electron chi connectivity index (χ0n) is 11.1. The summed E-state index contributed by atoms with van der Waals surface area (Å²) in [4.78, 5) is 0. The summed E-state index contributed by atoms with van der Waals surface area (Å²) < 4.78 is 28.1. The van der Waals surface area contributed by atoms with Crippen LogP contribution in [-0.2, 0) is 0 Å². The maximum absolute atomic E-state index is 14.1. The molecule has 0 atom stereocenters. The lowest BCUT2D eigenvalue weighted by Gasteiger charge is -2.18. The fourth-order valence-corrected chi connectivity index (χ4v) is 3.60. The Morgan fingerprint density at radius 1 is 0.842 bits per heavy atom. The highest BCUT2D eigenvalue weighted by Gasteiger charge is 2.20. The third kappa shape index (κ3) is 3.12. The molecule has 0 saturated heterocycles. The second-order valence-electron chi connectivity index (χ2n) is 5.57. The number of halogens is 3. The summed E-state index contributed by atoms with van der Waals surface area (Å²) in [5, 5.41) is 0.800. The van der Waals surface area contributed by atoms with E-state index in [9.17, 15) is 8.78 Å². The van der Waals surface area contributed by atoms with Crippen LogP contribution in [0.3, 0.4) is 0 Å². The van der Waals surface area contributed by atoms with Gasteiger partial charge in [-0.15, -0.1) is 0 Å². The van der Waals surface area contributed by atoms with Gasteiger partial charge in [0.2, 0.25) is 0 Å². The van der Waals surface area contributed by atoms with E-state index in [4.69, 9.17) is 0 Å². The first-order valence-corrected chi connectivity index (χ1v) is 10.3. The molecule has 0 N–H and O–H groups in total. The molecule has 0 saturated carbocycles. The summed E-state index contributed by atoms with van der Waals surface area (Å²) in [5.74, 6) is -0.535. The second kappa shape index (κ2) is 5.17. The van der Waals surface area contributed by atoms with Crippen LogP contribution < -0.4 is 5.19 Å². The van der Waals surface area contributed by atoms with E-state index in [-0.39, 0.29) is 11.6 Å². The van der Waals surface area contributed by atoms with Gasteiger partial charge in [0.05, 0.1) is 12.5 Å². The summed E-state index contributed by atoms with van der Waals surface area (Å²) >= 11 is 3.11. The number of benzene rings is 2. The lowest BCUT2D eigenvalue weighted by Crippen LogP contribution is -2.39. The van der Waals surface area contributed by atoms with Crippen LogP contribution in [0, 0.1) is 11.6 Å². The van der Waals surface area contributed by atoms with Crippen molar-refractivity contribution in [2.24, 2.45) is 0 Å². The molecule has 0 aliphatic carbocycles. The first kappa shape index (κ1) is 14.4. The highest BCUT2D eigenvalue weighted by Crippen LogP contribution is 2.25. The number of hydrogen-bond donors (Lipinski definition) is 0. The van der Waals surface area contributed by atoms with Crippen LogP contribution in [0.15, 0.2) is 40.9 Å². The van der Waals surface area contributed by atoms with E-state index in [1.165, 1.54) is 12.1 Å². The maximum Gasteiger partial charge on any atom is 0.137 e. The molecule has 2 aromatic rings. The molecule has 0 aliphatic heterocycles. The Morgan fingerprint density at radius 3 is 1.84 bits per heavy atom. The molecule has 19 heavy (non-hydrogen) atoms. The topological polar surface area (TPSA) is 0 Å². The van der Waals surface area contributed by atoms with Crippen molar-refractivity contribution in [1.29, 1.82) is 0 Å². The molecule has 0 aromatic heterocycles. The smallest absolute Gasteiger partial charge is 0.137 e. The minimum Gasteiger partial charge on any atom is -0.207 e. The molecule has 0 bridgehead atoms.